The molecule has 0 spiro atoms. The smallest absolute Gasteiger partial charge is 0.228 e. The highest BCUT2D eigenvalue weighted by molar-refractivity contribution is 7.10. The second-order valence-corrected chi connectivity index (χ2v) is 8.16. The topological polar surface area (TPSA) is 72.9 Å². The fraction of sp³-hybridized carbons (Fsp3) is 0.304. The molecule has 8 heteroatoms. The predicted molar refractivity (Wildman–Crippen MR) is 122 cm³/mol. The van der Waals surface area contributed by atoms with E-state index in [1.807, 2.05) is 23.5 Å². The Morgan fingerprint density at radius 3 is 2.65 bits per heavy atom. The minimum Gasteiger partial charge on any atom is -0.493 e. The largest absolute Gasteiger partial charge is 0.493 e. The van der Waals surface area contributed by atoms with Gasteiger partial charge in [-0.05, 0) is 41.6 Å². The van der Waals surface area contributed by atoms with Gasteiger partial charge in [0.05, 0.1) is 39.6 Å². The van der Waals surface area contributed by atoms with Crippen LogP contribution in [0.4, 0.5) is 11.5 Å². The van der Waals surface area contributed by atoms with Crippen LogP contribution in [0.2, 0.25) is 0 Å². The number of anilines is 2. The number of pyridine rings is 1. The first kappa shape index (κ1) is 21.0. The zero-order chi connectivity index (χ0) is 21.8. The third kappa shape index (κ3) is 4.44. The Labute approximate surface area is 185 Å². The number of fused-ring (bicyclic) bond motifs is 1. The number of hydrogen-bond donors (Lipinski definition) is 1. The van der Waals surface area contributed by atoms with Gasteiger partial charge in [-0.3, -0.25) is 4.79 Å². The zero-order valence-electron chi connectivity index (χ0n) is 17.8. The van der Waals surface area contributed by atoms with Gasteiger partial charge in [0, 0.05) is 23.5 Å². The lowest BCUT2D eigenvalue weighted by Gasteiger charge is -2.28. The summed E-state index contributed by atoms with van der Waals surface area (Å²) in [7, 11) is 4.64. The number of carbonyl (C=O) groups is 1. The van der Waals surface area contributed by atoms with Crippen molar-refractivity contribution in [1.82, 2.24) is 4.98 Å². The van der Waals surface area contributed by atoms with E-state index >= 15 is 0 Å². The SMILES string of the molecule is COc1ccc(CC(=O)Nc2ccc(N3CCc4sccc4C3)nc2)c(OC)c1OC. The van der Waals surface area contributed by atoms with Crippen molar-refractivity contribution in [2.45, 2.75) is 19.4 Å². The van der Waals surface area contributed by atoms with Gasteiger partial charge in [0.2, 0.25) is 11.7 Å². The van der Waals surface area contributed by atoms with Crippen molar-refractivity contribution in [3.8, 4) is 17.2 Å². The highest BCUT2D eigenvalue weighted by Gasteiger charge is 2.19. The quantitative estimate of drug-likeness (QED) is 0.602. The Bertz CT molecular complexity index is 1070. The molecule has 1 aromatic carbocycles. The summed E-state index contributed by atoms with van der Waals surface area (Å²) < 4.78 is 16.1. The molecule has 0 radical (unpaired) electrons. The van der Waals surface area contributed by atoms with Crippen LogP contribution in [0.5, 0.6) is 17.2 Å². The van der Waals surface area contributed by atoms with Gasteiger partial charge in [0.25, 0.3) is 0 Å². The van der Waals surface area contributed by atoms with Crippen molar-refractivity contribution >= 4 is 28.7 Å². The maximum absolute atomic E-state index is 12.6. The molecule has 1 N–H and O–H groups in total. The summed E-state index contributed by atoms with van der Waals surface area (Å²) in [6.45, 7) is 1.82. The van der Waals surface area contributed by atoms with E-state index in [1.165, 1.54) is 10.4 Å². The van der Waals surface area contributed by atoms with Crippen LogP contribution in [0, 0.1) is 0 Å². The summed E-state index contributed by atoms with van der Waals surface area (Å²) in [5.74, 6) is 2.26. The molecule has 0 aliphatic carbocycles. The highest BCUT2D eigenvalue weighted by atomic mass is 32.1. The number of aromatic nitrogens is 1. The summed E-state index contributed by atoms with van der Waals surface area (Å²) in [5.41, 5.74) is 2.74. The van der Waals surface area contributed by atoms with E-state index in [0.29, 0.717) is 28.5 Å². The van der Waals surface area contributed by atoms with E-state index in [0.717, 1.165) is 25.3 Å². The summed E-state index contributed by atoms with van der Waals surface area (Å²) >= 11 is 1.82. The number of hydrogen-bond acceptors (Lipinski definition) is 7. The maximum Gasteiger partial charge on any atom is 0.228 e. The van der Waals surface area contributed by atoms with Crippen molar-refractivity contribution in [1.29, 1.82) is 0 Å². The third-order valence-electron chi connectivity index (χ3n) is 5.30. The number of thiophene rings is 1. The van der Waals surface area contributed by atoms with Gasteiger partial charge in [-0.25, -0.2) is 4.98 Å². The van der Waals surface area contributed by atoms with Gasteiger partial charge in [-0.15, -0.1) is 11.3 Å². The predicted octanol–water partition coefficient (Wildman–Crippen LogP) is 3.91. The molecule has 162 valence electrons. The second-order valence-electron chi connectivity index (χ2n) is 7.16. The first-order chi connectivity index (χ1) is 15.1. The van der Waals surface area contributed by atoms with Crippen molar-refractivity contribution in [3.05, 3.63) is 57.9 Å². The molecule has 1 amide bonds. The van der Waals surface area contributed by atoms with Crippen LogP contribution in [0.25, 0.3) is 0 Å². The van der Waals surface area contributed by atoms with Crippen LogP contribution >= 0.6 is 11.3 Å². The Morgan fingerprint density at radius 2 is 1.94 bits per heavy atom. The van der Waals surface area contributed by atoms with Crippen molar-refractivity contribution in [3.63, 3.8) is 0 Å². The lowest BCUT2D eigenvalue weighted by atomic mass is 10.1. The molecule has 0 bridgehead atoms. The molecule has 0 unspecified atom stereocenters. The van der Waals surface area contributed by atoms with Crippen molar-refractivity contribution in [2.75, 3.05) is 38.1 Å². The monoisotopic (exact) mass is 439 g/mol. The molecule has 7 nitrogen and oxygen atoms in total. The van der Waals surface area contributed by atoms with Gasteiger partial charge in [0.1, 0.15) is 5.82 Å². The Balaban J connectivity index is 1.42. The number of ether oxygens (including phenoxy) is 3. The first-order valence-corrected chi connectivity index (χ1v) is 10.8. The van der Waals surface area contributed by atoms with Crippen molar-refractivity contribution in [2.24, 2.45) is 0 Å². The summed E-state index contributed by atoms with van der Waals surface area (Å²) in [6, 6.07) is 9.58. The van der Waals surface area contributed by atoms with E-state index in [1.54, 1.807) is 39.7 Å². The fourth-order valence-corrected chi connectivity index (χ4v) is 4.66. The molecule has 1 aliphatic heterocycles. The Hall–Kier alpha value is -3.26. The molecule has 0 atom stereocenters. The molecule has 2 aromatic heterocycles. The molecule has 0 fully saturated rings. The van der Waals surface area contributed by atoms with Gasteiger partial charge in [0.15, 0.2) is 11.5 Å². The van der Waals surface area contributed by atoms with Gasteiger partial charge in [-0.2, -0.15) is 0 Å². The number of nitrogens with zero attached hydrogens (tertiary/aromatic N) is 2. The van der Waals surface area contributed by atoms with Crippen LogP contribution in [0.15, 0.2) is 41.9 Å². The summed E-state index contributed by atoms with van der Waals surface area (Å²) in [4.78, 5) is 20.9. The minimum atomic E-state index is -0.166. The lowest BCUT2D eigenvalue weighted by molar-refractivity contribution is -0.115. The van der Waals surface area contributed by atoms with Gasteiger partial charge < -0.3 is 24.4 Å². The van der Waals surface area contributed by atoms with Crippen LogP contribution < -0.4 is 24.4 Å². The molecule has 0 saturated carbocycles. The Morgan fingerprint density at radius 1 is 1.10 bits per heavy atom. The van der Waals surface area contributed by atoms with Crippen LogP contribution in [-0.4, -0.2) is 38.8 Å². The van der Waals surface area contributed by atoms with E-state index in [2.05, 4.69) is 26.6 Å². The van der Waals surface area contributed by atoms with Crippen molar-refractivity contribution < 1.29 is 19.0 Å². The molecule has 3 aromatic rings. The average Bonchev–Trinajstić information content (AvgIpc) is 3.27. The van der Waals surface area contributed by atoms with Crippen LogP contribution in [0.3, 0.4) is 0 Å². The number of methoxy groups -OCH3 is 3. The van der Waals surface area contributed by atoms with Gasteiger partial charge >= 0.3 is 0 Å². The van der Waals surface area contributed by atoms with E-state index in [4.69, 9.17) is 14.2 Å². The minimum absolute atomic E-state index is 0.137. The fourth-order valence-electron chi connectivity index (χ4n) is 3.77. The molecular weight excluding hydrogens is 414 g/mol. The molecular formula is C23H25N3O4S. The maximum atomic E-state index is 12.6. The molecule has 0 saturated heterocycles. The molecule has 3 heterocycles. The molecule has 1 aliphatic rings. The Kier molecular flexibility index (Phi) is 6.27. The third-order valence-corrected chi connectivity index (χ3v) is 6.32. The summed E-state index contributed by atoms with van der Waals surface area (Å²) in [6.07, 6.45) is 2.88. The van der Waals surface area contributed by atoms with E-state index in [-0.39, 0.29) is 12.3 Å². The number of nitrogens with one attached hydrogen (secondary N) is 1. The number of rotatable bonds is 7. The van der Waals surface area contributed by atoms with Gasteiger partial charge in [-0.1, -0.05) is 6.07 Å². The summed E-state index contributed by atoms with van der Waals surface area (Å²) in [5, 5.41) is 5.05. The van der Waals surface area contributed by atoms with E-state index in [9.17, 15) is 4.79 Å². The molecule has 31 heavy (non-hydrogen) atoms. The van der Waals surface area contributed by atoms with Crippen LogP contribution in [-0.2, 0) is 24.2 Å². The number of benzene rings is 1. The van der Waals surface area contributed by atoms with Crippen LogP contribution in [0.1, 0.15) is 16.0 Å². The van der Waals surface area contributed by atoms with E-state index < -0.39 is 0 Å². The number of carbonyl (C=O) groups excluding carboxylic acids is 1. The average molecular weight is 440 g/mol. The normalized spacial score (nSPS) is 12.8. The standard InChI is InChI=1S/C23H25N3O4S/c1-28-18-6-4-15(22(29-2)23(18)30-3)12-21(27)25-17-5-7-20(24-13-17)26-10-8-19-16(14-26)9-11-31-19/h4-7,9,11,13H,8,10,12,14H2,1-3H3,(H,25,27). The second kappa shape index (κ2) is 9.26. The first-order valence-electron chi connectivity index (χ1n) is 9.97. The highest BCUT2D eigenvalue weighted by Crippen LogP contribution is 2.40. The lowest BCUT2D eigenvalue weighted by Crippen LogP contribution is -2.30. The molecule has 4 rings (SSSR count). The zero-order valence-corrected chi connectivity index (χ0v) is 18.6. The number of amides is 1.